The smallest absolute Gasteiger partial charge is 0.135 e. The number of pyridine rings is 1. The molecule has 4 heterocycles. The fourth-order valence-corrected chi connectivity index (χ4v) is 3.70. The Labute approximate surface area is 159 Å². The minimum Gasteiger partial charge on any atom is -0.325 e. The van der Waals surface area contributed by atoms with Gasteiger partial charge in [0.2, 0.25) is 0 Å². The summed E-state index contributed by atoms with van der Waals surface area (Å²) in [6.45, 7) is 5.95. The van der Waals surface area contributed by atoms with Crippen LogP contribution in [-0.2, 0) is 13.6 Å². The van der Waals surface area contributed by atoms with Crippen LogP contribution in [-0.4, -0.2) is 36.2 Å². The van der Waals surface area contributed by atoms with Gasteiger partial charge in [-0.05, 0) is 44.9 Å². The summed E-state index contributed by atoms with van der Waals surface area (Å²) in [4.78, 5) is 16.2. The Balaban J connectivity index is 1.57. The second-order valence-electron chi connectivity index (χ2n) is 7.17. The van der Waals surface area contributed by atoms with E-state index in [-0.39, 0.29) is 0 Å². The van der Waals surface area contributed by atoms with Crippen LogP contribution in [0.5, 0.6) is 0 Å². The standard InChI is InChI=1S/C20H25N7/c1-14-6-4-8-21-20(14)25-19-10-17(23-15(2)24-19)18-7-5-9-27(18)13-16-11-22-26(3)12-16/h4,6,8,10-12,18H,5,7,9,13H2,1-3H3,(H,21,23,24,25)/t18-/m0/s1. The molecule has 3 aromatic rings. The maximum atomic E-state index is 4.74. The van der Waals surface area contributed by atoms with E-state index in [0.29, 0.717) is 6.04 Å². The number of likely N-dealkylation sites (tertiary alicyclic amines) is 1. The van der Waals surface area contributed by atoms with Gasteiger partial charge in [0.25, 0.3) is 0 Å². The van der Waals surface area contributed by atoms with Crippen molar-refractivity contribution in [2.45, 2.75) is 39.3 Å². The van der Waals surface area contributed by atoms with Crippen molar-refractivity contribution in [2.24, 2.45) is 7.05 Å². The number of aryl methyl sites for hydroxylation is 3. The molecule has 0 unspecified atom stereocenters. The van der Waals surface area contributed by atoms with E-state index in [1.165, 1.54) is 12.0 Å². The predicted molar refractivity (Wildman–Crippen MR) is 105 cm³/mol. The van der Waals surface area contributed by atoms with E-state index in [0.717, 1.165) is 48.2 Å². The van der Waals surface area contributed by atoms with Crippen LogP contribution in [0.25, 0.3) is 0 Å². The van der Waals surface area contributed by atoms with Gasteiger partial charge in [-0.15, -0.1) is 0 Å². The fourth-order valence-electron chi connectivity index (χ4n) is 3.70. The van der Waals surface area contributed by atoms with Crippen LogP contribution in [0.3, 0.4) is 0 Å². The van der Waals surface area contributed by atoms with Crippen molar-refractivity contribution in [3.8, 4) is 0 Å². The highest BCUT2D eigenvalue weighted by Crippen LogP contribution is 2.33. The Bertz CT molecular complexity index is 934. The van der Waals surface area contributed by atoms with Crippen molar-refractivity contribution < 1.29 is 0 Å². The molecule has 140 valence electrons. The lowest BCUT2D eigenvalue weighted by Gasteiger charge is -2.24. The van der Waals surface area contributed by atoms with Gasteiger partial charge >= 0.3 is 0 Å². The molecule has 0 spiro atoms. The van der Waals surface area contributed by atoms with Gasteiger partial charge in [-0.1, -0.05) is 6.07 Å². The highest BCUT2D eigenvalue weighted by molar-refractivity contribution is 5.55. The molecule has 1 N–H and O–H groups in total. The molecule has 4 rings (SSSR count). The molecule has 3 aromatic heterocycles. The summed E-state index contributed by atoms with van der Waals surface area (Å²) >= 11 is 0. The van der Waals surface area contributed by atoms with Crippen LogP contribution >= 0.6 is 0 Å². The van der Waals surface area contributed by atoms with Crippen molar-refractivity contribution >= 4 is 11.6 Å². The van der Waals surface area contributed by atoms with Crippen LogP contribution in [0.1, 0.15) is 41.5 Å². The Kier molecular flexibility index (Phi) is 4.85. The average Bonchev–Trinajstić information content (AvgIpc) is 3.26. The summed E-state index contributed by atoms with van der Waals surface area (Å²) in [6.07, 6.45) is 8.10. The van der Waals surface area contributed by atoms with Gasteiger partial charge in [0.15, 0.2) is 0 Å². The molecule has 0 bridgehead atoms. The van der Waals surface area contributed by atoms with Crippen molar-refractivity contribution in [3.05, 3.63) is 59.4 Å². The zero-order chi connectivity index (χ0) is 18.8. The van der Waals surface area contributed by atoms with Gasteiger partial charge in [0.05, 0.1) is 17.9 Å². The predicted octanol–water partition coefficient (Wildman–Crippen LogP) is 3.30. The zero-order valence-corrected chi connectivity index (χ0v) is 16.1. The molecule has 0 amide bonds. The molecule has 1 aliphatic heterocycles. The molecule has 0 radical (unpaired) electrons. The summed E-state index contributed by atoms with van der Waals surface area (Å²) in [5.41, 5.74) is 3.40. The Morgan fingerprint density at radius 3 is 2.93 bits per heavy atom. The normalized spacial score (nSPS) is 17.4. The summed E-state index contributed by atoms with van der Waals surface area (Å²) in [6, 6.07) is 6.34. The summed E-state index contributed by atoms with van der Waals surface area (Å²) in [5, 5.41) is 7.64. The SMILES string of the molecule is Cc1nc(Nc2ncccc2C)cc([C@@H]2CCCN2Cc2cnn(C)c2)n1. The van der Waals surface area contributed by atoms with Gasteiger partial charge < -0.3 is 5.32 Å². The molecule has 7 nitrogen and oxygen atoms in total. The first-order valence-electron chi connectivity index (χ1n) is 9.34. The first kappa shape index (κ1) is 17.6. The van der Waals surface area contributed by atoms with Crippen LogP contribution < -0.4 is 5.32 Å². The largest absolute Gasteiger partial charge is 0.325 e. The molecule has 1 saturated heterocycles. The van der Waals surface area contributed by atoms with Gasteiger partial charge in [-0.25, -0.2) is 15.0 Å². The van der Waals surface area contributed by atoms with Gasteiger partial charge in [0.1, 0.15) is 17.5 Å². The lowest BCUT2D eigenvalue weighted by atomic mass is 10.1. The first-order valence-corrected chi connectivity index (χ1v) is 9.34. The zero-order valence-electron chi connectivity index (χ0n) is 16.1. The molecular formula is C20H25N7. The number of nitrogens with one attached hydrogen (secondary N) is 1. The van der Waals surface area contributed by atoms with E-state index in [4.69, 9.17) is 4.98 Å². The van der Waals surface area contributed by atoms with Crippen LogP contribution in [0, 0.1) is 13.8 Å². The number of aromatic nitrogens is 5. The molecule has 0 saturated carbocycles. The Morgan fingerprint density at radius 1 is 1.26 bits per heavy atom. The second-order valence-corrected chi connectivity index (χ2v) is 7.17. The van der Waals surface area contributed by atoms with E-state index in [1.54, 1.807) is 6.20 Å². The minimum absolute atomic E-state index is 0.303. The van der Waals surface area contributed by atoms with E-state index in [1.807, 2.05) is 43.9 Å². The lowest BCUT2D eigenvalue weighted by molar-refractivity contribution is 0.244. The lowest BCUT2D eigenvalue weighted by Crippen LogP contribution is -2.23. The summed E-state index contributed by atoms with van der Waals surface area (Å²) < 4.78 is 1.85. The maximum Gasteiger partial charge on any atom is 0.135 e. The average molecular weight is 363 g/mol. The quantitative estimate of drug-likeness (QED) is 0.750. The van der Waals surface area contributed by atoms with Gasteiger partial charge in [0, 0.05) is 37.6 Å². The van der Waals surface area contributed by atoms with Crippen LogP contribution in [0.2, 0.25) is 0 Å². The molecule has 1 atom stereocenters. The highest BCUT2D eigenvalue weighted by atomic mass is 15.3. The van der Waals surface area contributed by atoms with E-state index in [9.17, 15) is 0 Å². The molecule has 1 aliphatic rings. The number of anilines is 2. The van der Waals surface area contributed by atoms with Crippen LogP contribution in [0.15, 0.2) is 36.8 Å². The Morgan fingerprint density at radius 2 is 2.15 bits per heavy atom. The van der Waals surface area contributed by atoms with Crippen molar-refractivity contribution in [3.63, 3.8) is 0 Å². The van der Waals surface area contributed by atoms with Gasteiger partial charge in [-0.3, -0.25) is 9.58 Å². The topological polar surface area (TPSA) is 71.8 Å². The van der Waals surface area contributed by atoms with Gasteiger partial charge in [-0.2, -0.15) is 5.10 Å². The number of hydrogen-bond donors (Lipinski definition) is 1. The molecule has 0 aromatic carbocycles. The third kappa shape index (κ3) is 3.98. The molecule has 7 heteroatoms. The summed E-state index contributed by atoms with van der Waals surface area (Å²) in [7, 11) is 1.95. The number of rotatable bonds is 5. The minimum atomic E-state index is 0.303. The monoisotopic (exact) mass is 363 g/mol. The molecular weight excluding hydrogens is 338 g/mol. The maximum absolute atomic E-state index is 4.74. The third-order valence-corrected chi connectivity index (χ3v) is 4.96. The fraction of sp³-hybridized carbons (Fsp3) is 0.400. The van der Waals surface area contributed by atoms with Crippen molar-refractivity contribution in [1.82, 2.24) is 29.6 Å². The molecule has 0 aliphatic carbocycles. The number of hydrogen-bond acceptors (Lipinski definition) is 6. The summed E-state index contributed by atoms with van der Waals surface area (Å²) in [5.74, 6) is 2.41. The van der Waals surface area contributed by atoms with Crippen molar-refractivity contribution in [1.29, 1.82) is 0 Å². The number of nitrogens with zero attached hydrogens (tertiary/aromatic N) is 6. The van der Waals surface area contributed by atoms with E-state index >= 15 is 0 Å². The van der Waals surface area contributed by atoms with Crippen LogP contribution in [0.4, 0.5) is 11.6 Å². The molecule has 1 fully saturated rings. The highest BCUT2D eigenvalue weighted by Gasteiger charge is 2.28. The Hall–Kier alpha value is -2.80. The third-order valence-electron chi connectivity index (χ3n) is 4.96. The van der Waals surface area contributed by atoms with E-state index < -0.39 is 0 Å². The second kappa shape index (κ2) is 7.44. The molecule has 27 heavy (non-hydrogen) atoms. The van der Waals surface area contributed by atoms with E-state index in [2.05, 4.69) is 37.5 Å². The first-order chi connectivity index (χ1) is 13.1. The van der Waals surface area contributed by atoms with Crippen molar-refractivity contribution in [2.75, 3.05) is 11.9 Å².